The van der Waals surface area contributed by atoms with Crippen LogP contribution in [0.4, 0.5) is 11.4 Å². The number of carbonyl (C=O) groups excluding carboxylic acids is 1. The highest BCUT2D eigenvalue weighted by molar-refractivity contribution is 6.01. The van der Waals surface area contributed by atoms with Crippen LogP contribution in [0, 0.1) is 0 Å². The average molecular weight is 263 g/mol. The number of hydrogen-bond acceptors (Lipinski definition) is 4. The van der Waals surface area contributed by atoms with Crippen LogP contribution in [0.3, 0.4) is 0 Å². The van der Waals surface area contributed by atoms with Gasteiger partial charge >= 0.3 is 0 Å². The molecule has 1 aliphatic heterocycles. The lowest BCUT2D eigenvalue weighted by atomic mass is 10.0. The SMILES string of the molecule is CCC1COC(C)CN1c1c(N)cccc1C(N)=O. The molecule has 1 aromatic carbocycles. The molecule has 1 aliphatic rings. The Balaban J connectivity index is 2.46. The van der Waals surface area contributed by atoms with Gasteiger partial charge in [0.05, 0.1) is 35.7 Å². The molecule has 19 heavy (non-hydrogen) atoms. The van der Waals surface area contributed by atoms with Gasteiger partial charge in [0.2, 0.25) is 0 Å². The Bertz CT molecular complexity index is 476. The van der Waals surface area contributed by atoms with Crippen molar-refractivity contribution >= 4 is 17.3 Å². The second-order valence-corrected chi connectivity index (χ2v) is 4.97. The molecule has 5 nitrogen and oxygen atoms in total. The van der Waals surface area contributed by atoms with Gasteiger partial charge in [-0.05, 0) is 25.5 Å². The van der Waals surface area contributed by atoms with Gasteiger partial charge in [0, 0.05) is 6.54 Å². The molecular formula is C14H21N3O2. The number of carbonyl (C=O) groups is 1. The minimum atomic E-state index is -0.448. The number of ether oxygens (including phenoxy) is 1. The first-order valence-corrected chi connectivity index (χ1v) is 6.61. The number of morpholine rings is 1. The van der Waals surface area contributed by atoms with E-state index in [1.54, 1.807) is 18.2 Å². The summed E-state index contributed by atoms with van der Waals surface area (Å²) in [5, 5.41) is 0. The number of amides is 1. The monoisotopic (exact) mass is 263 g/mol. The summed E-state index contributed by atoms with van der Waals surface area (Å²) in [5.74, 6) is -0.448. The van der Waals surface area contributed by atoms with E-state index in [-0.39, 0.29) is 12.1 Å². The second-order valence-electron chi connectivity index (χ2n) is 4.97. The lowest BCUT2D eigenvalue weighted by molar-refractivity contribution is 0.0299. The summed E-state index contributed by atoms with van der Waals surface area (Å²) in [5.41, 5.74) is 13.3. The number of rotatable bonds is 3. The van der Waals surface area contributed by atoms with Crippen LogP contribution in [-0.4, -0.2) is 31.2 Å². The van der Waals surface area contributed by atoms with Gasteiger partial charge in [0.15, 0.2) is 0 Å². The molecule has 1 fully saturated rings. The van der Waals surface area contributed by atoms with Crippen LogP contribution >= 0.6 is 0 Å². The summed E-state index contributed by atoms with van der Waals surface area (Å²) >= 11 is 0. The van der Waals surface area contributed by atoms with Gasteiger partial charge in [0.25, 0.3) is 5.91 Å². The average Bonchev–Trinajstić information content (AvgIpc) is 2.38. The van der Waals surface area contributed by atoms with Crippen LogP contribution in [0.15, 0.2) is 18.2 Å². The van der Waals surface area contributed by atoms with Crippen molar-refractivity contribution in [1.29, 1.82) is 0 Å². The van der Waals surface area contributed by atoms with Gasteiger partial charge in [0.1, 0.15) is 0 Å². The largest absolute Gasteiger partial charge is 0.397 e. The first-order chi connectivity index (χ1) is 9.04. The molecule has 1 saturated heterocycles. The summed E-state index contributed by atoms with van der Waals surface area (Å²) in [6.45, 7) is 5.47. The maximum absolute atomic E-state index is 11.6. The fourth-order valence-electron chi connectivity index (χ4n) is 2.54. The van der Waals surface area contributed by atoms with Crippen LogP contribution in [0.5, 0.6) is 0 Å². The Morgan fingerprint density at radius 2 is 2.26 bits per heavy atom. The fourth-order valence-corrected chi connectivity index (χ4v) is 2.54. The van der Waals surface area contributed by atoms with Crippen LogP contribution in [0.2, 0.25) is 0 Å². The molecule has 2 atom stereocenters. The van der Waals surface area contributed by atoms with E-state index in [0.29, 0.717) is 24.4 Å². The summed E-state index contributed by atoms with van der Waals surface area (Å²) in [4.78, 5) is 13.8. The molecule has 0 bridgehead atoms. The first kappa shape index (κ1) is 13.7. The predicted molar refractivity (Wildman–Crippen MR) is 76.2 cm³/mol. The summed E-state index contributed by atoms with van der Waals surface area (Å²) in [6.07, 6.45) is 1.04. The van der Waals surface area contributed by atoms with Gasteiger partial charge in [-0.2, -0.15) is 0 Å². The molecule has 0 radical (unpaired) electrons. The Morgan fingerprint density at radius 1 is 1.53 bits per heavy atom. The quantitative estimate of drug-likeness (QED) is 0.807. The molecule has 1 heterocycles. The number of nitrogens with zero attached hydrogens (tertiary/aromatic N) is 1. The Kier molecular flexibility index (Phi) is 3.95. The summed E-state index contributed by atoms with van der Waals surface area (Å²) in [6, 6.07) is 5.50. The number of benzene rings is 1. The molecular weight excluding hydrogens is 242 g/mol. The highest BCUT2D eigenvalue weighted by Crippen LogP contribution is 2.32. The number of para-hydroxylation sites is 1. The van der Waals surface area contributed by atoms with Gasteiger partial charge in [-0.3, -0.25) is 4.79 Å². The van der Waals surface area contributed by atoms with Crippen molar-refractivity contribution in [2.45, 2.75) is 32.4 Å². The number of nitrogen functional groups attached to an aromatic ring is 1. The van der Waals surface area contributed by atoms with Crippen LogP contribution in [0.1, 0.15) is 30.6 Å². The first-order valence-electron chi connectivity index (χ1n) is 6.61. The van der Waals surface area contributed by atoms with Gasteiger partial charge in [-0.25, -0.2) is 0 Å². The van der Waals surface area contributed by atoms with Crippen LogP contribution in [0.25, 0.3) is 0 Å². The molecule has 104 valence electrons. The number of nitrogens with two attached hydrogens (primary N) is 2. The van der Waals surface area contributed by atoms with E-state index in [2.05, 4.69) is 11.8 Å². The zero-order chi connectivity index (χ0) is 14.0. The molecule has 5 heteroatoms. The van der Waals surface area contributed by atoms with E-state index in [1.165, 1.54) is 0 Å². The summed E-state index contributed by atoms with van der Waals surface area (Å²) in [7, 11) is 0. The highest BCUT2D eigenvalue weighted by Gasteiger charge is 2.29. The number of hydrogen-bond donors (Lipinski definition) is 2. The topological polar surface area (TPSA) is 81.6 Å². The normalized spacial score (nSPS) is 23.4. The zero-order valence-electron chi connectivity index (χ0n) is 11.4. The second kappa shape index (κ2) is 5.48. The molecule has 0 saturated carbocycles. The molecule has 2 rings (SSSR count). The van der Waals surface area contributed by atoms with Crippen molar-refractivity contribution < 1.29 is 9.53 Å². The predicted octanol–water partition coefficient (Wildman–Crippen LogP) is 1.37. The fraction of sp³-hybridized carbons (Fsp3) is 0.500. The standard InChI is InChI=1S/C14H21N3O2/c1-3-10-8-19-9(2)7-17(10)13-11(14(16)18)5-4-6-12(13)15/h4-6,9-10H,3,7-8,15H2,1-2H3,(H2,16,18). The van der Waals surface area contributed by atoms with E-state index in [0.717, 1.165) is 12.1 Å². The highest BCUT2D eigenvalue weighted by atomic mass is 16.5. The molecule has 0 aromatic heterocycles. The van der Waals surface area contributed by atoms with Gasteiger partial charge in [-0.15, -0.1) is 0 Å². The Morgan fingerprint density at radius 3 is 2.89 bits per heavy atom. The number of anilines is 2. The van der Waals surface area contributed by atoms with Crippen molar-refractivity contribution in [3.8, 4) is 0 Å². The minimum Gasteiger partial charge on any atom is -0.397 e. The van der Waals surface area contributed by atoms with E-state index < -0.39 is 5.91 Å². The van der Waals surface area contributed by atoms with Crippen molar-refractivity contribution in [3.05, 3.63) is 23.8 Å². The van der Waals surface area contributed by atoms with E-state index in [4.69, 9.17) is 16.2 Å². The zero-order valence-corrected chi connectivity index (χ0v) is 11.4. The van der Waals surface area contributed by atoms with E-state index >= 15 is 0 Å². The van der Waals surface area contributed by atoms with E-state index in [1.807, 2.05) is 6.92 Å². The Labute approximate surface area is 113 Å². The van der Waals surface area contributed by atoms with Gasteiger partial charge < -0.3 is 21.1 Å². The lowest BCUT2D eigenvalue weighted by Crippen LogP contribution is -2.49. The third-order valence-electron chi connectivity index (χ3n) is 3.56. The van der Waals surface area contributed by atoms with Crippen molar-refractivity contribution in [3.63, 3.8) is 0 Å². The third-order valence-corrected chi connectivity index (χ3v) is 3.56. The molecule has 4 N–H and O–H groups in total. The Hall–Kier alpha value is -1.75. The molecule has 2 unspecified atom stereocenters. The van der Waals surface area contributed by atoms with Crippen molar-refractivity contribution in [2.75, 3.05) is 23.8 Å². The smallest absolute Gasteiger partial charge is 0.250 e. The third kappa shape index (κ3) is 2.66. The lowest BCUT2D eigenvalue weighted by Gasteiger charge is -2.41. The summed E-state index contributed by atoms with van der Waals surface area (Å²) < 4.78 is 5.67. The van der Waals surface area contributed by atoms with Crippen LogP contribution in [-0.2, 0) is 4.74 Å². The minimum absolute atomic E-state index is 0.114. The maximum atomic E-state index is 11.6. The molecule has 1 amide bonds. The maximum Gasteiger partial charge on any atom is 0.250 e. The molecule has 1 aromatic rings. The molecule has 0 spiro atoms. The van der Waals surface area contributed by atoms with Crippen LogP contribution < -0.4 is 16.4 Å². The molecule has 0 aliphatic carbocycles. The van der Waals surface area contributed by atoms with Crippen molar-refractivity contribution in [1.82, 2.24) is 0 Å². The van der Waals surface area contributed by atoms with Crippen molar-refractivity contribution in [2.24, 2.45) is 5.73 Å². The number of primary amides is 1. The van der Waals surface area contributed by atoms with Gasteiger partial charge in [-0.1, -0.05) is 13.0 Å². The van der Waals surface area contributed by atoms with E-state index in [9.17, 15) is 4.79 Å².